The molecule has 4 rings (SSSR count). The number of nitrogens with zero attached hydrogens (tertiary/aromatic N) is 2. The summed E-state index contributed by atoms with van der Waals surface area (Å²) in [6.45, 7) is 3.74. The summed E-state index contributed by atoms with van der Waals surface area (Å²) >= 11 is 7.48. The van der Waals surface area contributed by atoms with Crippen LogP contribution in [0.15, 0.2) is 36.4 Å². The van der Waals surface area contributed by atoms with Crippen molar-refractivity contribution in [3.63, 3.8) is 0 Å². The second-order valence-corrected chi connectivity index (χ2v) is 10.5. The molecule has 192 valence electrons. The van der Waals surface area contributed by atoms with Gasteiger partial charge in [-0.1, -0.05) is 36.2 Å². The number of hydrogen-bond donors (Lipinski definition) is 2. The first-order valence-electron chi connectivity index (χ1n) is 12.5. The molecular formula is C27H33ClN4O3S. The van der Waals surface area contributed by atoms with Gasteiger partial charge >= 0.3 is 0 Å². The maximum absolute atomic E-state index is 12.7. The van der Waals surface area contributed by atoms with Crippen LogP contribution in [0.2, 0.25) is 5.02 Å². The number of hydrogen-bond acceptors (Lipinski definition) is 7. The molecule has 0 atom stereocenters. The van der Waals surface area contributed by atoms with Gasteiger partial charge in [-0.3, -0.25) is 9.59 Å². The van der Waals surface area contributed by atoms with E-state index in [0.717, 1.165) is 61.8 Å². The molecule has 0 bridgehead atoms. The lowest BCUT2D eigenvalue weighted by Gasteiger charge is -2.32. The fraction of sp³-hybridized carbons (Fsp3) is 0.444. The van der Waals surface area contributed by atoms with Gasteiger partial charge < -0.3 is 20.7 Å². The zero-order valence-corrected chi connectivity index (χ0v) is 22.2. The minimum Gasteiger partial charge on any atom is -0.496 e. The first-order chi connectivity index (χ1) is 17.5. The van der Waals surface area contributed by atoms with E-state index in [1.807, 2.05) is 24.3 Å². The number of piperidine rings is 1. The SMILES string of the molecule is COc1cc(N)c(Cl)cc1C(=O)NCC1CCN(CCCCCC(=O)c2nsc3ccccc23)CC1. The van der Waals surface area contributed by atoms with Gasteiger partial charge in [-0.2, -0.15) is 4.37 Å². The van der Waals surface area contributed by atoms with E-state index in [1.54, 1.807) is 12.1 Å². The van der Waals surface area contributed by atoms with E-state index >= 15 is 0 Å². The summed E-state index contributed by atoms with van der Waals surface area (Å²) in [6, 6.07) is 11.0. The zero-order valence-electron chi connectivity index (χ0n) is 20.6. The average Bonchev–Trinajstić information content (AvgIpc) is 3.33. The van der Waals surface area contributed by atoms with Crippen molar-refractivity contribution in [3.05, 3.63) is 52.7 Å². The average molecular weight is 529 g/mol. The van der Waals surface area contributed by atoms with Crippen LogP contribution in [0.3, 0.4) is 0 Å². The van der Waals surface area contributed by atoms with Crippen molar-refractivity contribution in [2.45, 2.75) is 38.5 Å². The number of aromatic nitrogens is 1. The Balaban J connectivity index is 1.12. The van der Waals surface area contributed by atoms with Crippen LogP contribution in [0.5, 0.6) is 5.75 Å². The highest BCUT2D eigenvalue weighted by molar-refractivity contribution is 7.13. The third-order valence-corrected chi connectivity index (χ3v) is 8.00. The topological polar surface area (TPSA) is 97.5 Å². The number of rotatable bonds is 11. The molecule has 7 nitrogen and oxygen atoms in total. The Hall–Kier alpha value is -2.68. The fourth-order valence-electron chi connectivity index (χ4n) is 4.66. The first kappa shape index (κ1) is 26.4. The van der Waals surface area contributed by atoms with Crippen LogP contribution in [-0.4, -0.2) is 54.3 Å². The van der Waals surface area contributed by atoms with Gasteiger partial charge in [-0.05, 0) is 74.9 Å². The summed E-state index contributed by atoms with van der Waals surface area (Å²) in [7, 11) is 1.51. The van der Waals surface area contributed by atoms with Crippen LogP contribution in [0.4, 0.5) is 5.69 Å². The lowest BCUT2D eigenvalue weighted by Crippen LogP contribution is -2.39. The first-order valence-corrected chi connectivity index (χ1v) is 13.6. The van der Waals surface area contributed by atoms with Gasteiger partial charge in [0.2, 0.25) is 0 Å². The molecule has 0 saturated carbocycles. The maximum Gasteiger partial charge on any atom is 0.255 e. The van der Waals surface area contributed by atoms with Crippen molar-refractivity contribution >= 4 is 50.6 Å². The van der Waals surface area contributed by atoms with Crippen molar-refractivity contribution in [3.8, 4) is 5.75 Å². The number of unbranched alkanes of at least 4 members (excludes halogenated alkanes) is 2. The third-order valence-electron chi connectivity index (χ3n) is 6.84. The van der Waals surface area contributed by atoms with Gasteiger partial charge in [0.25, 0.3) is 5.91 Å². The van der Waals surface area contributed by atoms with E-state index in [1.165, 1.54) is 18.6 Å². The quantitative estimate of drug-likeness (QED) is 0.196. The molecule has 1 fully saturated rings. The van der Waals surface area contributed by atoms with E-state index < -0.39 is 0 Å². The molecule has 3 aromatic rings. The van der Waals surface area contributed by atoms with Gasteiger partial charge in [0, 0.05) is 24.4 Å². The molecule has 2 heterocycles. The molecule has 0 radical (unpaired) electrons. The van der Waals surface area contributed by atoms with Crippen LogP contribution >= 0.6 is 23.1 Å². The summed E-state index contributed by atoms with van der Waals surface area (Å²) in [6.07, 6.45) is 5.68. The number of fused-ring (bicyclic) bond motifs is 1. The largest absolute Gasteiger partial charge is 0.496 e. The zero-order chi connectivity index (χ0) is 25.5. The number of likely N-dealkylation sites (tertiary alicyclic amines) is 1. The number of amides is 1. The molecule has 0 spiro atoms. The number of nitrogens with two attached hydrogens (primary N) is 1. The number of carbonyl (C=O) groups excluding carboxylic acids is 2. The Labute approximate surface area is 221 Å². The number of benzene rings is 2. The predicted octanol–water partition coefficient (Wildman–Crippen LogP) is 5.43. The summed E-state index contributed by atoms with van der Waals surface area (Å²) in [5.74, 6) is 0.822. The highest BCUT2D eigenvalue weighted by atomic mass is 35.5. The fourth-order valence-corrected chi connectivity index (χ4v) is 5.62. The maximum atomic E-state index is 12.7. The number of Topliss-reactive ketones (excluding diaryl/α,β-unsaturated/α-hetero) is 1. The summed E-state index contributed by atoms with van der Waals surface area (Å²) in [5, 5.41) is 4.34. The van der Waals surface area contributed by atoms with Gasteiger partial charge in [-0.25, -0.2) is 0 Å². The second-order valence-electron chi connectivity index (χ2n) is 9.33. The Morgan fingerprint density at radius 3 is 2.75 bits per heavy atom. The van der Waals surface area contributed by atoms with E-state index in [-0.39, 0.29) is 11.7 Å². The van der Waals surface area contributed by atoms with Crippen molar-refractivity contribution in [1.82, 2.24) is 14.6 Å². The molecule has 9 heteroatoms. The molecule has 3 N–H and O–H groups in total. The van der Waals surface area contributed by atoms with Crippen LogP contribution in [0, 0.1) is 5.92 Å². The molecular weight excluding hydrogens is 496 g/mol. The summed E-state index contributed by atoms with van der Waals surface area (Å²) in [5.41, 5.74) is 7.22. The number of halogens is 1. The standard InChI is InChI=1S/C27H33ClN4O3S/c1-35-24-16-22(29)21(28)15-20(24)27(34)30-17-18-10-13-32(14-11-18)12-6-2-3-8-23(33)26-19-7-4-5-9-25(19)36-31-26/h4-5,7,9,15-16,18H,2-3,6,8,10-14,17,29H2,1H3,(H,30,34). The molecule has 0 aliphatic carbocycles. The highest BCUT2D eigenvalue weighted by Gasteiger charge is 2.21. The number of anilines is 1. The number of ether oxygens (including phenoxy) is 1. The van der Waals surface area contributed by atoms with E-state index in [0.29, 0.717) is 46.6 Å². The molecule has 1 aromatic heterocycles. The van der Waals surface area contributed by atoms with Gasteiger partial charge in [0.15, 0.2) is 5.78 Å². The van der Waals surface area contributed by atoms with Crippen LogP contribution < -0.4 is 15.8 Å². The number of ketones is 1. The Kier molecular flexibility index (Phi) is 9.18. The molecule has 2 aromatic carbocycles. The Morgan fingerprint density at radius 1 is 1.19 bits per heavy atom. The minimum atomic E-state index is -0.198. The van der Waals surface area contributed by atoms with E-state index in [4.69, 9.17) is 22.1 Å². The number of nitrogen functional groups attached to an aromatic ring is 1. The van der Waals surface area contributed by atoms with Crippen molar-refractivity contribution in [2.75, 3.05) is 39.0 Å². The number of methoxy groups -OCH3 is 1. The van der Waals surface area contributed by atoms with Crippen molar-refractivity contribution < 1.29 is 14.3 Å². The second kappa shape index (κ2) is 12.5. The third kappa shape index (κ3) is 6.55. The van der Waals surface area contributed by atoms with Crippen LogP contribution in [-0.2, 0) is 0 Å². The molecule has 1 saturated heterocycles. The predicted molar refractivity (Wildman–Crippen MR) is 146 cm³/mol. The molecule has 1 aliphatic rings. The van der Waals surface area contributed by atoms with Crippen molar-refractivity contribution in [1.29, 1.82) is 0 Å². The van der Waals surface area contributed by atoms with E-state index in [9.17, 15) is 9.59 Å². The minimum absolute atomic E-state index is 0.147. The normalized spacial score (nSPS) is 14.7. The Morgan fingerprint density at radius 2 is 1.97 bits per heavy atom. The molecule has 36 heavy (non-hydrogen) atoms. The lowest BCUT2D eigenvalue weighted by atomic mass is 9.96. The van der Waals surface area contributed by atoms with Crippen LogP contribution in [0.25, 0.3) is 10.1 Å². The molecule has 1 amide bonds. The molecule has 1 aliphatic heterocycles. The van der Waals surface area contributed by atoms with E-state index in [2.05, 4.69) is 14.6 Å². The van der Waals surface area contributed by atoms with Gasteiger partial charge in [-0.15, -0.1) is 0 Å². The smallest absolute Gasteiger partial charge is 0.255 e. The monoisotopic (exact) mass is 528 g/mol. The summed E-state index contributed by atoms with van der Waals surface area (Å²) < 4.78 is 10.7. The summed E-state index contributed by atoms with van der Waals surface area (Å²) in [4.78, 5) is 27.7. The van der Waals surface area contributed by atoms with Crippen molar-refractivity contribution in [2.24, 2.45) is 5.92 Å². The Bertz CT molecular complexity index is 1210. The lowest BCUT2D eigenvalue weighted by molar-refractivity contribution is 0.0932. The number of nitrogens with one attached hydrogen (secondary N) is 1. The van der Waals surface area contributed by atoms with Gasteiger partial charge in [0.05, 0.1) is 28.1 Å². The number of carbonyl (C=O) groups is 2. The highest BCUT2D eigenvalue weighted by Crippen LogP contribution is 2.29. The van der Waals surface area contributed by atoms with Crippen LogP contribution in [0.1, 0.15) is 59.4 Å². The molecule has 0 unspecified atom stereocenters. The van der Waals surface area contributed by atoms with Gasteiger partial charge in [0.1, 0.15) is 11.4 Å².